The van der Waals surface area contributed by atoms with Gasteiger partial charge in [-0.2, -0.15) is 0 Å². The first kappa shape index (κ1) is 47.6. The van der Waals surface area contributed by atoms with Gasteiger partial charge in [0.2, 0.25) is 29.5 Å². The van der Waals surface area contributed by atoms with Gasteiger partial charge < -0.3 is 36.6 Å². The Kier molecular flexibility index (Phi) is 15.4. The summed E-state index contributed by atoms with van der Waals surface area (Å²) in [4.78, 5) is 89.0. The van der Waals surface area contributed by atoms with Crippen molar-refractivity contribution in [3.05, 3.63) is 214 Å². The van der Waals surface area contributed by atoms with Crippen LogP contribution in [0, 0.1) is 0 Å². The van der Waals surface area contributed by atoms with Crippen LogP contribution in [0.4, 0.5) is 0 Å². The van der Waals surface area contributed by atoms with Crippen molar-refractivity contribution in [1.82, 2.24) is 25.8 Å². The summed E-state index contributed by atoms with van der Waals surface area (Å²) in [5.74, 6) is -4.03. The molecule has 6 aromatic carbocycles. The fraction of sp³-hybridized carbons (Fsp3) is 0.250. The molecule has 5 amide bonds. The number of benzene rings is 6. The molecule has 0 aromatic heterocycles. The lowest BCUT2D eigenvalue weighted by Gasteiger charge is -2.39. The Bertz CT molecular complexity index is 2760. The van der Waals surface area contributed by atoms with Crippen LogP contribution >= 0.6 is 0 Å². The summed E-state index contributed by atoms with van der Waals surface area (Å²) in [5.41, 5.74) is 12.9. The number of nitrogens with zero attached hydrogens (tertiary/aromatic N) is 2. The number of nitrogens with one attached hydrogen (secondary N) is 3. The minimum atomic E-state index is -1.24. The zero-order chi connectivity index (χ0) is 48.3. The van der Waals surface area contributed by atoms with Gasteiger partial charge in [-0.25, -0.2) is 4.79 Å². The molecule has 0 saturated carbocycles. The van der Waals surface area contributed by atoms with Crippen molar-refractivity contribution in [1.29, 1.82) is 0 Å². The van der Waals surface area contributed by atoms with Crippen LogP contribution in [0.1, 0.15) is 44.5 Å². The topological polar surface area (TPSA) is 191 Å². The van der Waals surface area contributed by atoms with Crippen LogP contribution in [0.3, 0.4) is 0 Å². The van der Waals surface area contributed by atoms with Crippen LogP contribution < -0.4 is 21.7 Å². The second kappa shape index (κ2) is 22.3. The number of fused-ring (bicyclic) bond motifs is 2. The predicted octanol–water partition coefficient (Wildman–Crippen LogP) is 4.73. The molecule has 13 nitrogen and oxygen atoms in total. The Morgan fingerprint density at radius 3 is 1.23 bits per heavy atom. The Morgan fingerprint density at radius 2 is 0.797 bits per heavy atom. The lowest BCUT2D eigenvalue weighted by atomic mass is 9.91. The van der Waals surface area contributed by atoms with E-state index in [1.54, 1.807) is 0 Å². The summed E-state index contributed by atoms with van der Waals surface area (Å²) in [6, 6.07) is 45.0. The van der Waals surface area contributed by atoms with E-state index in [2.05, 4.69) is 16.0 Å². The van der Waals surface area contributed by atoms with Gasteiger partial charge in [-0.1, -0.05) is 170 Å². The molecule has 6 atom stereocenters. The maximum atomic E-state index is 15.1. The average molecular weight is 925 g/mol. The number of hydrogen-bond acceptors (Lipinski definition) is 7. The van der Waals surface area contributed by atoms with E-state index >= 15 is 9.59 Å². The number of rotatable bonds is 17. The smallest absolute Gasteiger partial charge is 0.326 e. The van der Waals surface area contributed by atoms with Gasteiger partial charge in [-0.05, 0) is 50.9 Å². The van der Waals surface area contributed by atoms with E-state index in [0.717, 1.165) is 44.5 Å². The van der Waals surface area contributed by atoms with Crippen molar-refractivity contribution in [2.45, 2.75) is 87.9 Å². The first-order valence-corrected chi connectivity index (χ1v) is 23.3. The summed E-state index contributed by atoms with van der Waals surface area (Å²) in [7, 11) is 0. The largest absolute Gasteiger partial charge is 0.480 e. The van der Waals surface area contributed by atoms with Crippen LogP contribution in [0.2, 0.25) is 0 Å². The zero-order valence-corrected chi connectivity index (χ0v) is 38.2. The number of carboxylic acids is 1. The number of nitrogens with two attached hydrogens (primary N) is 1. The van der Waals surface area contributed by atoms with E-state index in [4.69, 9.17) is 5.73 Å². The molecule has 0 spiro atoms. The lowest BCUT2D eigenvalue weighted by molar-refractivity contribution is -0.152. The van der Waals surface area contributed by atoms with E-state index in [0.29, 0.717) is 0 Å². The first-order valence-electron chi connectivity index (χ1n) is 23.3. The normalized spacial score (nSPS) is 16.9. The number of aliphatic carboxylic acids is 1. The van der Waals surface area contributed by atoms with Crippen molar-refractivity contribution in [2.24, 2.45) is 5.73 Å². The summed E-state index contributed by atoms with van der Waals surface area (Å²) in [5, 5.41) is 19.2. The van der Waals surface area contributed by atoms with E-state index in [1.807, 2.05) is 170 Å². The van der Waals surface area contributed by atoms with Gasteiger partial charge in [0.15, 0.2) is 0 Å². The summed E-state index contributed by atoms with van der Waals surface area (Å²) in [6.45, 7) is 0.0895. The second-order valence-electron chi connectivity index (χ2n) is 17.8. The number of hydrogen-bond donors (Lipinski definition) is 5. The highest BCUT2D eigenvalue weighted by molar-refractivity contribution is 5.97. The van der Waals surface area contributed by atoms with Gasteiger partial charge in [-0.15, -0.1) is 0 Å². The molecule has 2 aliphatic rings. The van der Waals surface area contributed by atoms with E-state index in [-0.39, 0.29) is 51.6 Å². The first-order chi connectivity index (χ1) is 33.5. The third-order valence-corrected chi connectivity index (χ3v) is 13.0. The molecule has 0 radical (unpaired) electrons. The van der Waals surface area contributed by atoms with Gasteiger partial charge in [0, 0.05) is 45.2 Å². The predicted molar refractivity (Wildman–Crippen MR) is 261 cm³/mol. The maximum Gasteiger partial charge on any atom is 0.326 e. The highest BCUT2D eigenvalue weighted by atomic mass is 16.4. The Morgan fingerprint density at radius 1 is 0.449 bits per heavy atom. The maximum absolute atomic E-state index is 15.1. The van der Waals surface area contributed by atoms with Gasteiger partial charge in [-0.3, -0.25) is 24.0 Å². The van der Waals surface area contributed by atoms with E-state index in [1.165, 1.54) is 9.80 Å². The van der Waals surface area contributed by atoms with Gasteiger partial charge in [0.25, 0.3) is 0 Å². The van der Waals surface area contributed by atoms with Crippen LogP contribution in [-0.4, -0.2) is 86.7 Å². The highest BCUT2D eigenvalue weighted by Crippen LogP contribution is 2.27. The molecule has 2 aliphatic heterocycles. The molecule has 2 heterocycles. The Hall–Kier alpha value is -7.90. The standard InChI is InChI=1S/C56H56N6O7/c57-45(29-37-17-5-1-6-18-37)51(63)59-47(31-39-21-9-3-10-22-39)54(66)61-35-43-27-15-13-25-41(43)33-49(61)53(65)58-46(30-38-19-7-2-8-20-38)52(64)60-48(32-40-23-11-4-12-24-40)55(67)62-36-44-28-16-14-26-42(44)34-50(62)56(68)69/h1-28,45-50H,29-36,57H2,(H,58,65)(H,59,63)(H,60,64)(H,68,69)/t45-,46-,47-,48-,49-,50-/m0/s1. The van der Waals surface area contributed by atoms with Crippen LogP contribution in [0.25, 0.3) is 0 Å². The molecule has 352 valence electrons. The molecule has 6 N–H and O–H groups in total. The summed E-state index contributed by atoms with van der Waals surface area (Å²) >= 11 is 0. The third kappa shape index (κ3) is 12.0. The molecule has 0 unspecified atom stereocenters. The third-order valence-electron chi connectivity index (χ3n) is 13.0. The van der Waals surface area contributed by atoms with Crippen molar-refractivity contribution < 1.29 is 33.9 Å². The summed E-state index contributed by atoms with van der Waals surface area (Å²) in [6.07, 6.45) is 0.671. The lowest BCUT2D eigenvalue weighted by Crippen LogP contribution is -2.62. The number of carboxylic acid groups (broad SMARTS) is 1. The Labute approximate surface area is 401 Å². The molecule has 69 heavy (non-hydrogen) atoms. The molecule has 0 fully saturated rings. The number of carbonyl (C=O) groups excluding carboxylic acids is 5. The SMILES string of the molecule is N[C@@H](Cc1ccccc1)C(=O)N[C@@H](Cc1ccccc1)C(=O)N1Cc2ccccc2C[C@H]1C(=O)N[C@@H](Cc1ccccc1)C(=O)N[C@@H](Cc1ccccc1)C(=O)N1Cc2ccccc2C[C@H]1C(=O)O. The minimum absolute atomic E-state index is 0.0305. The fourth-order valence-electron chi connectivity index (χ4n) is 9.30. The minimum Gasteiger partial charge on any atom is -0.480 e. The van der Waals surface area contributed by atoms with Crippen LogP contribution in [0.5, 0.6) is 0 Å². The quantitative estimate of drug-likeness (QED) is 0.0868. The highest BCUT2D eigenvalue weighted by Gasteiger charge is 2.42. The fourth-order valence-corrected chi connectivity index (χ4v) is 9.30. The van der Waals surface area contributed by atoms with Crippen molar-refractivity contribution in [3.63, 3.8) is 0 Å². The van der Waals surface area contributed by atoms with Gasteiger partial charge >= 0.3 is 5.97 Å². The molecular formula is C56H56N6O7. The number of carbonyl (C=O) groups is 6. The molecule has 0 saturated heterocycles. The molecule has 0 bridgehead atoms. The molecular weight excluding hydrogens is 869 g/mol. The second-order valence-corrected chi connectivity index (χ2v) is 17.8. The zero-order valence-electron chi connectivity index (χ0n) is 38.2. The van der Waals surface area contributed by atoms with E-state index < -0.39 is 71.8 Å². The van der Waals surface area contributed by atoms with E-state index in [9.17, 15) is 24.3 Å². The average Bonchev–Trinajstić information content (AvgIpc) is 3.37. The van der Waals surface area contributed by atoms with Crippen LogP contribution in [0.15, 0.2) is 170 Å². The van der Waals surface area contributed by atoms with Crippen LogP contribution in [-0.2, 0) is 80.4 Å². The molecule has 13 heteroatoms. The number of amides is 5. The summed E-state index contributed by atoms with van der Waals surface area (Å²) < 4.78 is 0. The Balaban J connectivity index is 1.09. The molecule has 0 aliphatic carbocycles. The van der Waals surface area contributed by atoms with Gasteiger partial charge in [0.05, 0.1) is 6.04 Å². The van der Waals surface area contributed by atoms with Gasteiger partial charge in [0.1, 0.15) is 30.2 Å². The van der Waals surface area contributed by atoms with Crippen molar-refractivity contribution in [2.75, 3.05) is 0 Å². The monoisotopic (exact) mass is 924 g/mol. The molecule has 8 rings (SSSR count). The van der Waals surface area contributed by atoms with Crippen molar-refractivity contribution >= 4 is 35.5 Å². The molecule has 6 aromatic rings. The van der Waals surface area contributed by atoms with Crippen molar-refractivity contribution in [3.8, 4) is 0 Å².